The normalized spacial score (nSPS) is 22.9. The van der Waals surface area contributed by atoms with E-state index in [0.717, 1.165) is 24.0 Å². The number of aromatic nitrogens is 2. The monoisotopic (exact) mass is 262 g/mol. The molecule has 2 unspecified atom stereocenters. The summed E-state index contributed by atoms with van der Waals surface area (Å²) < 4.78 is 24.0. The molecule has 1 aromatic heterocycles. The molecule has 100 valence electrons. The van der Waals surface area contributed by atoms with Gasteiger partial charge in [0.05, 0.1) is 6.10 Å². The zero-order valence-electron chi connectivity index (χ0n) is 10.9. The van der Waals surface area contributed by atoms with Crippen LogP contribution in [0.1, 0.15) is 37.3 Å². The van der Waals surface area contributed by atoms with Crippen molar-refractivity contribution < 1.29 is 13.7 Å². The Kier molecular flexibility index (Phi) is 3.06. The van der Waals surface area contributed by atoms with Gasteiger partial charge in [-0.25, -0.2) is 4.39 Å². The molecule has 2 atom stereocenters. The third-order valence-corrected chi connectivity index (χ3v) is 3.38. The van der Waals surface area contributed by atoms with Crippen molar-refractivity contribution >= 4 is 0 Å². The lowest BCUT2D eigenvalue weighted by Gasteiger charge is -2.05. The number of benzene rings is 1. The number of halogens is 1. The summed E-state index contributed by atoms with van der Waals surface area (Å²) in [4.78, 5) is 4.36. The van der Waals surface area contributed by atoms with E-state index in [4.69, 9.17) is 9.26 Å². The van der Waals surface area contributed by atoms with Crippen molar-refractivity contribution in [3.8, 4) is 11.5 Å². The van der Waals surface area contributed by atoms with Gasteiger partial charge in [0.1, 0.15) is 11.9 Å². The molecular weight excluding hydrogens is 247 g/mol. The maximum atomic E-state index is 13.1. The first kappa shape index (κ1) is 12.3. The number of hydrogen-bond acceptors (Lipinski definition) is 4. The van der Waals surface area contributed by atoms with Crippen LogP contribution < -0.4 is 0 Å². The first-order chi connectivity index (χ1) is 9.13. The van der Waals surface area contributed by atoms with Gasteiger partial charge >= 0.3 is 0 Å². The van der Waals surface area contributed by atoms with Crippen LogP contribution in [-0.4, -0.2) is 16.2 Å². The minimum absolute atomic E-state index is 0.0896. The highest BCUT2D eigenvalue weighted by Gasteiger charge is 2.27. The molecule has 5 heteroatoms. The van der Waals surface area contributed by atoms with Gasteiger partial charge in [-0.1, -0.05) is 5.16 Å². The van der Waals surface area contributed by atoms with E-state index >= 15 is 0 Å². The molecule has 0 N–H and O–H groups in total. The number of rotatable bonds is 2. The van der Waals surface area contributed by atoms with Gasteiger partial charge in [0, 0.05) is 5.56 Å². The van der Waals surface area contributed by atoms with Crippen LogP contribution in [0.25, 0.3) is 11.5 Å². The Morgan fingerprint density at radius 2 is 2.16 bits per heavy atom. The smallest absolute Gasteiger partial charge is 0.258 e. The lowest BCUT2D eigenvalue weighted by atomic mass is 10.1. The topological polar surface area (TPSA) is 48.2 Å². The van der Waals surface area contributed by atoms with Crippen LogP contribution in [0.15, 0.2) is 22.7 Å². The molecule has 2 heterocycles. The van der Waals surface area contributed by atoms with E-state index in [1.54, 1.807) is 6.07 Å². The molecule has 0 aliphatic carbocycles. The van der Waals surface area contributed by atoms with E-state index in [-0.39, 0.29) is 18.0 Å². The molecule has 2 aromatic rings. The molecular formula is C14H15FN2O2. The molecule has 4 nitrogen and oxygen atoms in total. The maximum Gasteiger partial charge on any atom is 0.258 e. The fraction of sp³-hybridized carbons (Fsp3) is 0.429. The van der Waals surface area contributed by atoms with E-state index < -0.39 is 0 Å². The van der Waals surface area contributed by atoms with Crippen molar-refractivity contribution in [2.24, 2.45) is 0 Å². The van der Waals surface area contributed by atoms with Gasteiger partial charge < -0.3 is 9.26 Å². The number of ether oxygens (including phenoxy) is 1. The lowest BCUT2D eigenvalue weighted by molar-refractivity contribution is 0.0489. The van der Waals surface area contributed by atoms with Gasteiger partial charge in [-0.3, -0.25) is 0 Å². The van der Waals surface area contributed by atoms with Gasteiger partial charge in [0.15, 0.2) is 0 Å². The average molecular weight is 262 g/mol. The predicted molar refractivity (Wildman–Crippen MR) is 67.0 cm³/mol. The zero-order valence-corrected chi connectivity index (χ0v) is 10.9. The van der Waals surface area contributed by atoms with Crippen molar-refractivity contribution in [3.63, 3.8) is 0 Å². The van der Waals surface area contributed by atoms with Crippen LogP contribution in [0.5, 0.6) is 0 Å². The average Bonchev–Trinajstić information content (AvgIpc) is 2.97. The van der Waals surface area contributed by atoms with Crippen LogP contribution in [0.4, 0.5) is 4.39 Å². The predicted octanol–water partition coefficient (Wildman–Crippen LogP) is 3.42. The molecule has 1 aliphatic heterocycles. The highest BCUT2D eigenvalue weighted by molar-refractivity contribution is 5.57. The second kappa shape index (κ2) is 4.74. The fourth-order valence-corrected chi connectivity index (χ4v) is 2.33. The molecule has 1 fully saturated rings. The summed E-state index contributed by atoms with van der Waals surface area (Å²) in [5.74, 6) is 0.715. The van der Waals surface area contributed by atoms with Crippen molar-refractivity contribution in [2.75, 3.05) is 0 Å². The van der Waals surface area contributed by atoms with E-state index in [2.05, 4.69) is 10.1 Å². The third kappa shape index (κ3) is 2.38. The van der Waals surface area contributed by atoms with E-state index in [1.807, 2.05) is 13.8 Å². The second-order valence-corrected chi connectivity index (χ2v) is 4.93. The Bertz CT molecular complexity index is 597. The van der Waals surface area contributed by atoms with Crippen LogP contribution >= 0.6 is 0 Å². The molecule has 0 saturated carbocycles. The number of hydrogen-bond donors (Lipinski definition) is 0. The molecule has 0 radical (unpaired) electrons. The SMILES string of the molecule is Cc1cc(F)ccc1-c1nc(C2CCC(C)O2)no1. The van der Waals surface area contributed by atoms with Gasteiger partial charge in [0.2, 0.25) is 5.82 Å². The van der Waals surface area contributed by atoms with Crippen molar-refractivity contribution in [2.45, 2.75) is 38.9 Å². The van der Waals surface area contributed by atoms with Crippen LogP contribution in [0.3, 0.4) is 0 Å². The van der Waals surface area contributed by atoms with Crippen LogP contribution in [0.2, 0.25) is 0 Å². The lowest BCUT2D eigenvalue weighted by Crippen LogP contribution is -2.02. The fourth-order valence-electron chi connectivity index (χ4n) is 2.33. The second-order valence-electron chi connectivity index (χ2n) is 4.93. The molecule has 0 spiro atoms. The summed E-state index contributed by atoms with van der Waals surface area (Å²) in [5.41, 5.74) is 1.53. The summed E-state index contributed by atoms with van der Waals surface area (Å²) in [7, 11) is 0. The van der Waals surface area contributed by atoms with E-state index in [1.165, 1.54) is 12.1 Å². The van der Waals surface area contributed by atoms with Crippen LogP contribution in [-0.2, 0) is 4.74 Å². The van der Waals surface area contributed by atoms with Gasteiger partial charge in [0.25, 0.3) is 5.89 Å². The molecule has 0 bridgehead atoms. The van der Waals surface area contributed by atoms with Gasteiger partial charge in [-0.2, -0.15) is 4.98 Å². The Labute approximate surface area is 110 Å². The molecule has 19 heavy (non-hydrogen) atoms. The first-order valence-electron chi connectivity index (χ1n) is 6.39. The van der Waals surface area contributed by atoms with E-state index in [9.17, 15) is 4.39 Å². The highest BCUT2D eigenvalue weighted by atomic mass is 19.1. The molecule has 1 saturated heterocycles. The Balaban J connectivity index is 1.88. The zero-order chi connectivity index (χ0) is 13.4. The summed E-state index contributed by atoms with van der Waals surface area (Å²) in [6, 6.07) is 4.49. The van der Waals surface area contributed by atoms with Crippen molar-refractivity contribution in [3.05, 3.63) is 35.4 Å². The molecule has 1 aromatic carbocycles. The van der Waals surface area contributed by atoms with E-state index in [0.29, 0.717) is 11.7 Å². The number of nitrogens with zero attached hydrogens (tertiary/aromatic N) is 2. The van der Waals surface area contributed by atoms with Gasteiger partial charge in [-0.15, -0.1) is 0 Å². The third-order valence-electron chi connectivity index (χ3n) is 3.38. The highest BCUT2D eigenvalue weighted by Crippen LogP contribution is 2.32. The standard InChI is InChI=1S/C14H15FN2O2/c1-8-7-10(15)4-5-11(8)14-16-13(17-19-14)12-6-3-9(2)18-12/h4-5,7,9,12H,3,6H2,1-2H3. The summed E-state index contributed by atoms with van der Waals surface area (Å²) >= 11 is 0. The van der Waals surface area contributed by atoms with Crippen molar-refractivity contribution in [1.82, 2.24) is 10.1 Å². The van der Waals surface area contributed by atoms with Gasteiger partial charge in [-0.05, 0) is 50.5 Å². The summed E-state index contributed by atoms with van der Waals surface area (Å²) in [6.45, 7) is 3.85. The first-order valence-corrected chi connectivity index (χ1v) is 6.39. The minimum Gasteiger partial charge on any atom is -0.367 e. The van der Waals surface area contributed by atoms with Crippen LogP contribution in [0, 0.1) is 12.7 Å². The summed E-state index contributed by atoms with van der Waals surface area (Å²) in [6.07, 6.45) is 2.06. The minimum atomic E-state index is -0.270. The molecule has 0 amide bonds. The molecule has 1 aliphatic rings. The maximum absolute atomic E-state index is 13.1. The Hall–Kier alpha value is -1.75. The largest absolute Gasteiger partial charge is 0.367 e. The Morgan fingerprint density at radius 1 is 1.32 bits per heavy atom. The molecule has 3 rings (SSSR count). The Morgan fingerprint density at radius 3 is 2.84 bits per heavy atom. The quantitative estimate of drug-likeness (QED) is 0.832. The number of aryl methyl sites for hydroxylation is 1. The summed E-state index contributed by atoms with van der Waals surface area (Å²) in [5, 5.41) is 3.97. The van der Waals surface area contributed by atoms with Crippen molar-refractivity contribution in [1.29, 1.82) is 0 Å².